The van der Waals surface area contributed by atoms with Crippen LogP contribution in [0.1, 0.15) is 6.42 Å². The molecule has 1 fully saturated rings. The fourth-order valence-electron chi connectivity index (χ4n) is 2.40. The lowest BCUT2D eigenvalue weighted by atomic mass is 9.95. The summed E-state index contributed by atoms with van der Waals surface area (Å²) < 4.78 is 6.46. The Kier molecular flexibility index (Phi) is 5.24. The van der Waals surface area contributed by atoms with Gasteiger partial charge in [0.25, 0.3) is 0 Å². The Labute approximate surface area is 146 Å². The number of hydrogen-bond acceptors (Lipinski definition) is 7. The van der Waals surface area contributed by atoms with Gasteiger partial charge in [-0.15, -0.1) is 0 Å². The lowest BCUT2D eigenvalue weighted by Crippen LogP contribution is -2.46. The molecule has 0 aliphatic carbocycles. The average molecular weight is 401 g/mol. The standard InChI is InChI=1S/C14H15BrClN5O2/c15-10-3-19-14(20-4-10)21-2-1-9(12(22)7-21)8-23-11-5-17-13(16)18-6-11/h3-6,9,12,22H,1-2,7-8H2/t9-,12-/m1/s1. The lowest BCUT2D eigenvalue weighted by molar-refractivity contribution is 0.0611. The Morgan fingerprint density at radius 3 is 2.57 bits per heavy atom. The molecule has 7 nitrogen and oxygen atoms in total. The van der Waals surface area contributed by atoms with Gasteiger partial charge in [0.2, 0.25) is 11.2 Å². The fourth-order valence-corrected chi connectivity index (χ4v) is 2.71. The number of rotatable bonds is 4. The van der Waals surface area contributed by atoms with Crippen molar-refractivity contribution in [1.82, 2.24) is 19.9 Å². The second-order valence-electron chi connectivity index (χ2n) is 5.26. The first-order valence-electron chi connectivity index (χ1n) is 7.13. The molecule has 2 atom stereocenters. The lowest BCUT2D eigenvalue weighted by Gasteiger charge is -2.35. The molecule has 0 unspecified atom stereocenters. The predicted octanol–water partition coefficient (Wildman–Crippen LogP) is 1.95. The Morgan fingerprint density at radius 2 is 1.91 bits per heavy atom. The fraction of sp³-hybridized carbons (Fsp3) is 0.429. The molecule has 3 heterocycles. The van der Waals surface area contributed by atoms with E-state index in [0.29, 0.717) is 24.8 Å². The molecule has 9 heteroatoms. The minimum atomic E-state index is -0.510. The van der Waals surface area contributed by atoms with E-state index >= 15 is 0 Å². The van der Waals surface area contributed by atoms with Crippen molar-refractivity contribution >= 4 is 33.5 Å². The number of aromatic nitrogens is 4. The van der Waals surface area contributed by atoms with Crippen molar-refractivity contribution < 1.29 is 9.84 Å². The third-order valence-corrected chi connectivity index (χ3v) is 4.28. The van der Waals surface area contributed by atoms with Gasteiger partial charge < -0.3 is 14.7 Å². The van der Waals surface area contributed by atoms with Gasteiger partial charge in [-0.3, -0.25) is 0 Å². The predicted molar refractivity (Wildman–Crippen MR) is 88.6 cm³/mol. The maximum absolute atomic E-state index is 10.3. The van der Waals surface area contributed by atoms with Crippen LogP contribution < -0.4 is 9.64 Å². The van der Waals surface area contributed by atoms with Crippen LogP contribution in [-0.4, -0.2) is 50.8 Å². The third kappa shape index (κ3) is 4.27. The van der Waals surface area contributed by atoms with Crippen LogP contribution >= 0.6 is 27.5 Å². The summed E-state index contributed by atoms with van der Waals surface area (Å²) in [6, 6.07) is 0. The van der Waals surface area contributed by atoms with Crippen molar-refractivity contribution in [2.75, 3.05) is 24.6 Å². The van der Waals surface area contributed by atoms with Gasteiger partial charge in [-0.1, -0.05) is 0 Å². The zero-order chi connectivity index (χ0) is 16.2. The van der Waals surface area contributed by atoms with Crippen molar-refractivity contribution in [3.05, 3.63) is 34.5 Å². The summed E-state index contributed by atoms with van der Waals surface area (Å²) in [5.41, 5.74) is 0. The maximum atomic E-state index is 10.3. The SMILES string of the molecule is O[C@@H]1CN(c2ncc(Br)cn2)CC[C@@H]1COc1cnc(Cl)nc1. The molecule has 1 saturated heterocycles. The molecule has 0 radical (unpaired) electrons. The van der Waals surface area contributed by atoms with Gasteiger partial charge >= 0.3 is 0 Å². The molecule has 3 rings (SSSR count). The van der Waals surface area contributed by atoms with Crippen LogP contribution in [0.4, 0.5) is 5.95 Å². The molecular weight excluding hydrogens is 386 g/mol. The molecule has 0 saturated carbocycles. The monoisotopic (exact) mass is 399 g/mol. The van der Waals surface area contributed by atoms with Crippen molar-refractivity contribution in [2.45, 2.75) is 12.5 Å². The highest BCUT2D eigenvalue weighted by Gasteiger charge is 2.29. The minimum absolute atomic E-state index is 0.0392. The molecule has 122 valence electrons. The number of aliphatic hydroxyl groups is 1. The van der Waals surface area contributed by atoms with Gasteiger partial charge in [0.15, 0.2) is 5.75 Å². The topological polar surface area (TPSA) is 84.3 Å². The third-order valence-electron chi connectivity index (χ3n) is 3.67. The van der Waals surface area contributed by atoms with Crippen molar-refractivity contribution in [2.24, 2.45) is 5.92 Å². The first-order valence-corrected chi connectivity index (χ1v) is 8.30. The number of aliphatic hydroxyl groups excluding tert-OH is 1. The van der Waals surface area contributed by atoms with Gasteiger partial charge in [-0.2, -0.15) is 0 Å². The number of piperidine rings is 1. The van der Waals surface area contributed by atoms with Crippen LogP contribution in [0.15, 0.2) is 29.3 Å². The highest BCUT2D eigenvalue weighted by atomic mass is 79.9. The summed E-state index contributed by atoms with van der Waals surface area (Å²) in [7, 11) is 0. The number of ether oxygens (including phenoxy) is 1. The summed E-state index contributed by atoms with van der Waals surface area (Å²) in [5.74, 6) is 1.20. The molecule has 2 aromatic heterocycles. The van der Waals surface area contributed by atoms with Gasteiger partial charge in [0, 0.05) is 31.4 Å². The summed E-state index contributed by atoms with van der Waals surface area (Å²) >= 11 is 8.94. The number of nitrogens with zero attached hydrogens (tertiary/aromatic N) is 5. The summed E-state index contributed by atoms with van der Waals surface area (Å²) in [6.45, 7) is 1.65. The minimum Gasteiger partial charge on any atom is -0.490 e. The van der Waals surface area contributed by atoms with Crippen molar-refractivity contribution in [1.29, 1.82) is 0 Å². The van der Waals surface area contributed by atoms with Gasteiger partial charge in [-0.25, -0.2) is 19.9 Å². The smallest absolute Gasteiger partial charge is 0.225 e. The molecule has 23 heavy (non-hydrogen) atoms. The van der Waals surface area contributed by atoms with Crippen LogP contribution in [0.25, 0.3) is 0 Å². The molecule has 1 aliphatic heterocycles. The van der Waals surface area contributed by atoms with E-state index in [1.807, 2.05) is 4.90 Å². The molecule has 1 aliphatic rings. The second kappa shape index (κ2) is 7.37. The van der Waals surface area contributed by atoms with E-state index in [9.17, 15) is 5.11 Å². The largest absolute Gasteiger partial charge is 0.490 e. The Balaban J connectivity index is 1.54. The first-order chi connectivity index (χ1) is 11.1. The number of hydrogen-bond donors (Lipinski definition) is 1. The zero-order valence-corrected chi connectivity index (χ0v) is 14.5. The first kappa shape index (κ1) is 16.4. The van der Waals surface area contributed by atoms with Crippen molar-refractivity contribution in [3.63, 3.8) is 0 Å². The average Bonchev–Trinajstić information content (AvgIpc) is 2.56. The van der Waals surface area contributed by atoms with Crippen molar-refractivity contribution in [3.8, 4) is 5.75 Å². The number of anilines is 1. The highest BCUT2D eigenvalue weighted by molar-refractivity contribution is 9.10. The van der Waals surface area contributed by atoms with E-state index in [-0.39, 0.29) is 11.2 Å². The Hall–Kier alpha value is -1.51. The maximum Gasteiger partial charge on any atom is 0.225 e. The molecular formula is C14H15BrClN5O2. The molecule has 0 amide bonds. The normalized spacial score (nSPS) is 21.3. The number of halogens is 2. The van der Waals surface area contributed by atoms with E-state index in [4.69, 9.17) is 16.3 Å². The van der Waals surface area contributed by atoms with E-state index in [1.165, 1.54) is 12.4 Å². The summed E-state index contributed by atoms with van der Waals surface area (Å²) in [6.07, 6.45) is 6.72. The Morgan fingerprint density at radius 1 is 1.22 bits per heavy atom. The van der Waals surface area contributed by atoms with E-state index in [0.717, 1.165) is 17.4 Å². The zero-order valence-electron chi connectivity index (χ0n) is 12.1. The molecule has 0 bridgehead atoms. The van der Waals surface area contributed by atoms with Crippen LogP contribution in [0.2, 0.25) is 5.28 Å². The molecule has 2 aromatic rings. The van der Waals surface area contributed by atoms with E-state index < -0.39 is 6.10 Å². The van der Waals surface area contributed by atoms with Crippen LogP contribution in [0.3, 0.4) is 0 Å². The van der Waals surface area contributed by atoms with Gasteiger partial charge in [0.05, 0.1) is 29.6 Å². The van der Waals surface area contributed by atoms with Crippen LogP contribution in [-0.2, 0) is 0 Å². The van der Waals surface area contributed by atoms with E-state index in [2.05, 4.69) is 35.9 Å². The summed E-state index contributed by atoms with van der Waals surface area (Å²) in [5, 5.41) is 10.5. The molecule has 0 aromatic carbocycles. The number of β-amino-alcohol motifs (C(OH)–C–C–N with tert-alkyl or cyclic N) is 1. The Bertz CT molecular complexity index is 643. The summed E-state index contributed by atoms with van der Waals surface area (Å²) in [4.78, 5) is 18.2. The van der Waals surface area contributed by atoms with Crippen LogP contribution in [0, 0.1) is 5.92 Å². The van der Waals surface area contributed by atoms with Crippen LogP contribution in [0.5, 0.6) is 5.75 Å². The quantitative estimate of drug-likeness (QED) is 0.785. The second-order valence-corrected chi connectivity index (χ2v) is 6.52. The highest BCUT2D eigenvalue weighted by Crippen LogP contribution is 2.22. The molecule has 0 spiro atoms. The molecule has 1 N–H and O–H groups in total. The van der Waals surface area contributed by atoms with Gasteiger partial charge in [0.1, 0.15) is 0 Å². The van der Waals surface area contributed by atoms with E-state index in [1.54, 1.807) is 12.4 Å². The van der Waals surface area contributed by atoms with Gasteiger partial charge in [-0.05, 0) is 34.0 Å².